The fourth-order valence-corrected chi connectivity index (χ4v) is 5.01. The molecule has 1 aromatic carbocycles. The summed E-state index contributed by atoms with van der Waals surface area (Å²) >= 11 is 0. The topological polar surface area (TPSA) is 114 Å². The van der Waals surface area contributed by atoms with Crippen LogP contribution in [0.15, 0.2) is 41.4 Å². The quantitative estimate of drug-likeness (QED) is 0.732. The van der Waals surface area contributed by atoms with E-state index in [1.807, 2.05) is 31.2 Å². The van der Waals surface area contributed by atoms with Gasteiger partial charge in [0, 0.05) is 38.8 Å². The van der Waals surface area contributed by atoms with Gasteiger partial charge in [0.1, 0.15) is 10.6 Å². The molecule has 3 rings (SSSR count). The van der Waals surface area contributed by atoms with Crippen LogP contribution in [-0.4, -0.2) is 42.2 Å². The second-order valence-corrected chi connectivity index (χ2v) is 9.36. The number of rotatable bonds is 6. The van der Waals surface area contributed by atoms with Crippen LogP contribution in [-0.2, 0) is 28.4 Å². The van der Waals surface area contributed by atoms with E-state index < -0.39 is 15.9 Å². The van der Waals surface area contributed by atoms with Crippen LogP contribution in [0, 0.1) is 12.8 Å². The zero-order chi connectivity index (χ0) is 21.2. The van der Waals surface area contributed by atoms with Gasteiger partial charge in [0.2, 0.25) is 15.9 Å². The fraction of sp³-hybridized carbons (Fsp3) is 0.400. The predicted molar refractivity (Wildman–Crippen MR) is 108 cm³/mol. The summed E-state index contributed by atoms with van der Waals surface area (Å²) < 4.78 is 28.5. The molecule has 29 heavy (non-hydrogen) atoms. The molecule has 1 fully saturated rings. The maximum absolute atomic E-state index is 12.9. The van der Waals surface area contributed by atoms with Crippen molar-refractivity contribution in [2.75, 3.05) is 13.1 Å². The van der Waals surface area contributed by atoms with Crippen molar-refractivity contribution in [1.29, 1.82) is 0 Å². The van der Waals surface area contributed by atoms with Crippen molar-refractivity contribution < 1.29 is 18.0 Å². The Labute approximate surface area is 170 Å². The number of hydrogen-bond acceptors (Lipinski definition) is 4. The minimum atomic E-state index is -3.73. The summed E-state index contributed by atoms with van der Waals surface area (Å²) in [7, 11) is -2.16. The van der Waals surface area contributed by atoms with Crippen molar-refractivity contribution in [3.8, 4) is 0 Å². The molecule has 2 heterocycles. The molecule has 9 heteroatoms. The lowest BCUT2D eigenvalue weighted by molar-refractivity contribution is -0.126. The molecule has 1 aromatic heterocycles. The van der Waals surface area contributed by atoms with Crippen LogP contribution in [0.25, 0.3) is 0 Å². The molecule has 0 spiro atoms. The van der Waals surface area contributed by atoms with Crippen LogP contribution in [0.3, 0.4) is 0 Å². The Kier molecular flexibility index (Phi) is 6.09. The summed E-state index contributed by atoms with van der Waals surface area (Å²) in [6.45, 7) is 2.98. The van der Waals surface area contributed by atoms with Gasteiger partial charge >= 0.3 is 0 Å². The summed E-state index contributed by atoms with van der Waals surface area (Å²) in [5.41, 5.74) is 7.59. The summed E-state index contributed by atoms with van der Waals surface area (Å²) in [6.07, 6.45) is 2.29. The SMILES string of the molecule is Cc1ccc(CNC(=O)C2CCN(S(=O)(=O)c3cc(C(N)=O)n(C)c3)CC2)cc1. The molecule has 1 saturated heterocycles. The standard InChI is InChI=1S/C20H26N4O4S/c1-14-3-5-15(6-4-14)12-22-20(26)16-7-9-24(10-8-16)29(27,28)17-11-18(19(21)25)23(2)13-17/h3-6,11,13,16H,7-10,12H2,1-2H3,(H2,21,25)(H,22,26). The van der Waals surface area contributed by atoms with E-state index in [1.165, 1.54) is 21.1 Å². The van der Waals surface area contributed by atoms with Crippen LogP contribution in [0.2, 0.25) is 0 Å². The molecule has 0 unspecified atom stereocenters. The predicted octanol–water partition coefficient (Wildman–Crippen LogP) is 1.15. The monoisotopic (exact) mass is 418 g/mol. The highest BCUT2D eigenvalue weighted by atomic mass is 32.2. The van der Waals surface area contributed by atoms with E-state index in [1.54, 1.807) is 7.05 Å². The van der Waals surface area contributed by atoms with Crippen molar-refractivity contribution in [2.45, 2.75) is 31.2 Å². The Morgan fingerprint density at radius 1 is 1.17 bits per heavy atom. The van der Waals surface area contributed by atoms with Crippen molar-refractivity contribution in [2.24, 2.45) is 18.7 Å². The van der Waals surface area contributed by atoms with Gasteiger partial charge in [-0.25, -0.2) is 8.42 Å². The third-order valence-electron chi connectivity index (χ3n) is 5.28. The first kappa shape index (κ1) is 21.1. The average Bonchev–Trinajstić information content (AvgIpc) is 3.10. The molecule has 156 valence electrons. The number of piperidine rings is 1. The third kappa shape index (κ3) is 4.68. The van der Waals surface area contributed by atoms with Gasteiger partial charge in [-0.3, -0.25) is 9.59 Å². The van der Waals surface area contributed by atoms with Crippen LogP contribution >= 0.6 is 0 Å². The van der Waals surface area contributed by atoms with Gasteiger partial charge in [-0.2, -0.15) is 4.31 Å². The number of sulfonamides is 1. The molecular formula is C20H26N4O4S. The Morgan fingerprint density at radius 3 is 2.34 bits per heavy atom. The summed E-state index contributed by atoms with van der Waals surface area (Å²) in [4.78, 5) is 23.9. The minimum Gasteiger partial charge on any atom is -0.364 e. The largest absolute Gasteiger partial charge is 0.364 e. The van der Waals surface area contributed by atoms with Gasteiger partial charge in [-0.15, -0.1) is 0 Å². The lowest BCUT2D eigenvalue weighted by atomic mass is 9.97. The average molecular weight is 419 g/mol. The number of carbonyl (C=O) groups excluding carboxylic acids is 2. The fourth-order valence-electron chi connectivity index (χ4n) is 3.47. The van der Waals surface area contributed by atoms with Crippen molar-refractivity contribution in [3.63, 3.8) is 0 Å². The van der Waals surface area contributed by atoms with E-state index >= 15 is 0 Å². The normalized spacial score (nSPS) is 15.9. The lowest BCUT2D eigenvalue weighted by Gasteiger charge is -2.30. The highest BCUT2D eigenvalue weighted by Crippen LogP contribution is 2.25. The first-order chi connectivity index (χ1) is 13.7. The van der Waals surface area contributed by atoms with Crippen molar-refractivity contribution in [3.05, 3.63) is 53.3 Å². The molecule has 2 amide bonds. The van der Waals surface area contributed by atoms with Crippen LogP contribution < -0.4 is 11.1 Å². The van der Waals surface area contributed by atoms with Crippen LogP contribution in [0.5, 0.6) is 0 Å². The van der Waals surface area contributed by atoms with Gasteiger partial charge in [0.25, 0.3) is 5.91 Å². The molecule has 0 saturated carbocycles. The molecule has 8 nitrogen and oxygen atoms in total. The molecule has 1 aliphatic rings. The van der Waals surface area contributed by atoms with Crippen LogP contribution in [0.4, 0.5) is 0 Å². The zero-order valence-electron chi connectivity index (χ0n) is 16.6. The maximum Gasteiger partial charge on any atom is 0.265 e. The Balaban J connectivity index is 1.57. The minimum absolute atomic E-state index is 0.0380. The summed E-state index contributed by atoms with van der Waals surface area (Å²) in [5.74, 6) is -0.958. The number of carbonyl (C=O) groups is 2. The van der Waals surface area contributed by atoms with E-state index in [-0.39, 0.29) is 35.5 Å². The van der Waals surface area contributed by atoms with Gasteiger partial charge in [-0.05, 0) is 31.4 Å². The van der Waals surface area contributed by atoms with Gasteiger partial charge in [0.15, 0.2) is 0 Å². The Bertz CT molecular complexity index is 1000. The van der Waals surface area contributed by atoms with E-state index in [2.05, 4.69) is 5.32 Å². The molecule has 0 atom stereocenters. The van der Waals surface area contributed by atoms with E-state index in [4.69, 9.17) is 5.73 Å². The molecular weight excluding hydrogens is 392 g/mol. The molecule has 0 bridgehead atoms. The highest BCUT2D eigenvalue weighted by Gasteiger charge is 2.33. The second kappa shape index (κ2) is 8.38. The highest BCUT2D eigenvalue weighted by molar-refractivity contribution is 7.89. The van der Waals surface area contributed by atoms with Crippen LogP contribution in [0.1, 0.15) is 34.5 Å². The van der Waals surface area contributed by atoms with E-state index in [9.17, 15) is 18.0 Å². The lowest BCUT2D eigenvalue weighted by Crippen LogP contribution is -2.42. The Morgan fingerprint density at radius 2 is 1.79 bits per heavy atom. The number of hydrogen-bond donors (Lipinski definition) is 2. The van der Waals surface area contributed by atoms with Crippen molar-refractivity contribution >= 4 is 21.8 Å². The number of aryl methyl sites for hydroxylation is 2. The molecule has 2 aromatic rings. The third-order valence-corrected chi connectivity index (χ3v) is 7.15. The number of aromatic nitrogens is 1. The zero-order valence-corrected chi connectivity index (χ0v) is 17.4. The smallest absolute Gasteiger partial charge is 0.265 e. The van der Waals surface area contributed by atoms with E-state index in [0.29, 0.717) is 19.4 Å². The van der Waals surface area contributed by atoms with Gasteiger partial charge in [0.05, 0.1) is 0 Å². The summed E-state index contributed by atoms with van der Waals surface area (Å²) in [6, 6.07) is 9.24. The van der Waals surface area contributed by atoms with Crippen molar-refractivity contribution in [1.82, 2.24) is 14.2 Å². The van der Waals surface area contributed by atoms with Gasteiger partial charge < -0.3 is 15.6 Å². The number of nitrogens with two attached hydrogens (primary N) is 1. The molecule has 0 aliphatic carbocycles. The second-order valence-electron chi connectivity index (χ2n) is 7.42. The molecule has 3 N–H and O–H groups in total. The number of nitrogens with zero attached hydrogens (tertiary/aromatic N) is 2. The number of amides is 2. The number of nitrogens with one attached hydrogen (secondary N) is 1. The molecule has 1 aliphatic heterocycles. The molecule has 0 radical (unpaired) electrons. The number of benzene rings is 1. The first-order valence-electron chi connectivity index (χ1n) is 9.48. The van der Waals surface area contributed by atoms with Gasteiger partial charge in [-0.1, -0.05) is 29.8 Å². The maximum atomic E-state index is 12.9. The Hall–Kier alpha value is -2.65. The summed E-state index contributed by atoms with van der Waals surface area (Å²) in [5, 5.41) is 2.94. The first-order valence-corrected chi connectivity index (χ1v) is 10.9. The van der Waals surface area contributed by atoms with E-state index in [0.717, 1.165) is 11.1 Å². The number of primary amides is 1.